The molecule has 2 saturated carbocycles. The van der Waals surface area contributed by atoms with E-state index in [1.54, 1.807) is 0 Å². The Labute approximate surface area is 114 Å². The molecule has 0 saturated heterocycles. The summed E-state index contributed by atoms with van der Waals surface area (Å²) >= 11 is 0. The van der Waals surface area contributed by atoms with E-state index in [0.29, 0.717) is 0 Å². The Kier molecular flexibility index (Phi) is 10.2. The molecule has 0 N–H and O–H groups in total. The van der Waals surface area contributed by atoms with Crippen molar-refractivity contribution in [2.45, 2.75) is 38.5 Å². The molecule has 6 heteroatoms. The van der Waals surface area contributed by atoms with Gasteiger partial charge in [0, 0.05) is 11.9 Å². The van der Waals surface area contributed by atoms with E-state index in [9.17, 15) is 19.8 Å². The average molecular weight is 303 g/mol. The first-order chi connectivity index (χ1) is 6.61. The fourth-order valence-corrected chi connectivity index (χ4v) is 1.29. The van der Waals surface area contributed by atoms with Gasteiger partial charge in [0.05, 0.1) is 0 Å². The molecule has 0 bridgehead atoms. The third-order valence-electron chi connectivity index (χ3n) is 2.88. The van der Waals surface area contributed by atoms with E-state index in [4.69, 9.17) is 0 Å². The van der Waals surface area contributed by atoms with Crippen molar-refractivity contribution in [2.24, 2.45) is 11.8 Å². The van der Waals surface area contributed by atoms with Crippen LogP contribution in [0.2, 0.25) is 0 Å². The molecule has 2 aliphatic carbocycles. The number of halogens is 1. The summed E-state index contributed by atoms with van der Waals surface area (Å²) in [6, 6.07) is 0. The molecular weight excluding hydrogens is 289 g/mol. The minimum absolute atomic E-state index is 0. The molecule has 0 aromatic rings. The molecule has 0 spiro atoms. The zero-order valence-corrected chi connectivity index (χ0v) is 12.2. The standard InChI is InChI=1S/2C5H8O2.ClH.Ga/c2*6-5(7)4-2-1-3-4;;/h2*4H,1-3H2,(H,6,7);1H;/q;;;+3/p-3. The van der Waals surface area contributed by atoms with E-state index in [-0.39, 0.29) is 44.0 Å². The number of carbonyl (C=O) groups excluding carboxylic acids is 2. The Hall–Kier alpha value is -0.134. The second kappa shape index (κ2) is 8.95. The van der Waals surface area contributed by atoms with E-state index in [0.717, 1.165) is 38.5 Å². The predicted octanol–water partition coefficient (Wildman–Crippen LogP) is -4.30. The summed E-state index contributed by atoms with van der Waals surface area (Å²) in [4.78, 5) is 19.7. The van der Waals surface area contributed by atoms with E-state index in [2.05, 4.69) is 0 Å². The Morgan fingerprint density at radius 3 is 1.06 bits per heavy atom. The molecular formula is C10H14ClGaO4. The van der Waals surface area contributed by atoms with E-state index < -0.39 is 11.9 Å². The van der Waals surface area contributed by atoms with Crippen LogP contribution in [0.3, 0.4) is 0 Å². The van der Waals surface area contributed by atoms with Crippen LogP contribution in [-0.4, -0.2) is 31.7 Å². The van der Waals surface area contributed by atoms with Gasteiger partial charge >= 0.3 is 19.8 Å². The third-order valence-corrected chi connectivity index (χ3v) is 2.88. The minimum atomic E-state index is -0.869. The second-order valence-electron chi connectivity index (χ2n) is 3.89. The first-order valence-corrected chi connectivity index (χ1v) is 5.03. The molecule has 0 amide bonds. The number of hydrogen-bond acceptors (Lipinski definition) is 4. The van der Waals surface area contributed by atoms with Crippen molar-refractivity contribution in [3.63, 3.8) is 0 Å². The number of hydrogen-bond donors (Lipinski definition) is 0. The van der Waals surface area contributed by atoms with Crippen LogP contribution in [0, 0.1) is 11.8 Å². The molecule has 88 valence electrons. The SMILES string of the molecule is O=C([O-])C1CCC1.O=C([O-])C1CCC1.[Cl-].[Ga+3]. The molecule has 0 unspecified atom stereocenters. The third kappa shape index (κ3) is 5.82. The van der Waals surface area contributed by atoms with Crippen molar-refractivity contribution in [2.75, 3.05) is 0 Å². The van der Waals surface area contributed by atoms with Crippen LogP contribution in [0.4, 0.5) is 0 Å². The van der Waals surface area contributed by atoms with Crippen molar-refractivity contribution >= 4 is 31.7 Å². The summed E-state index contributed by atoms with van der Waals surface area (Å²) in [5, 5.41) is 19.7. The van der Waals surface area contributed by atoms with Crippen LogP contribution in [0.1, 0.15) is 38.5 Å². The first-order valence-electron chi connectivity index (χ1n) is 5.03. The van der Waals surface area contributed by atoms with Gasteiger partial charge in [0.2, 0.25) is 0 Å². The minimum Gasteiger partial charge on any atom is -1.00 e. The van der Waals surface area contributed by atoms with E-state index in [1.807, 2.05) is 0 Å². The number of carboxylic acids is 2. The van der Waals surface area contributed by atoms with Gasteiger partial charge in [-0.3, -0.25) is 0 Å². The topological polar surface area (TPSA) is 80.3 Å². The molecule has 0 atom stereocenters. The van der Waals surface area contributed by atoms with Gasteiger partial charge in [-0.1, -0.05) is 12.8 Å². The van der Waals surface area contributed by atoms with Gasteiger partial charge in [0.15, 0.2) is 0 Å². The van der Waals surface area contributed by atoms with Gasteiger partial charge < -0.3 is 32.2 Å². The molecule has 2 aliphatic rings. The Bertz CT molecular complexity index is 203. The van der Waals surface area contributed by atoms with E-state index >= 15 is 0 Å². The Morgan fingerprint density at radius 2 is 1.06 bits per heavy atom. The summed E-state index contributed by atoms with van der Waals surface area (Å²) in [5.74, 6) is -1.96. The Balaban J connectivity index is 0. The van der Waals surface area contributed by atoms with E-state index in [1.165, 1.54) is 0 Å². The van der Waals surface area contributed by atoms with Crippen molar-refractivity contribution in [1.29, 1.82) is 0 Å². The maximum atomic E-state index is 9.87. The zero-order valence-electron chi connectivity index (χ0n) is 8.99. The van der Waals surface area contributed by atoms with Crippen molar-refractivity contribution < 1.29 is 32.2 Å². The van der Waals surface area contributed by atoms with Gasteiger partial charge in [0.25, 0.3) is 0 Å². The molecule has 0 aliphatic heterocycles. The van der Waals surface area contributed by atoms with Crippen LogP contribution in [-0.2, 0) is 9.59 Å². The number of carbonyl (C=O) groups is 2. The second-order valence-corrected chi connectivity index (χ2v) is 3.89. The monoisotopic (exact) mass is 302 g/mol. The summed E-state index contributed by atoms with van der Waals surface area (Å²) < 4.78 is 0. The van der Waals surface area contributed by atoms with Gasteiger partial charge in [-0.2, -0.15) is 0 Å². The number of carboxylic acid groups (broad SMARTS) is 2. The van der Waals surface area contributed by atoms with Crippen molar-refractivity contribution in [3.05, 3.63) is 0 Å². The average Bonchev–Trinajstić information content (AvgIpc) is 1.74. The molecule has 0 heterocycles. The smallest absolute Gasteiger partial charge is 1.00 e. The van der Waals surface area contributed by atoms with Crippen molar-refractivity contribution in [1.82, 2.24) is 0 Å². The number of rotatable bonds is 2. The summed E-state index contributed by atoms with van der Waals surface area (Å²) in [6.07, 6.45) is 5.48. The van der Waals surface area contributed by atoms with Gasteiger partial charge in [-0.05, 0) is 37.5 Å². The molecule has 0 radical (unpaired) electrons. The van der Waals surface area contributed by atoms with Crippen molar-refractivity contribution in [3.8, 4) is 0 Å². The molecule has 4 nitrogen and oxygen atoms in total. The van der Waals surface area contributed by atoms with Crippen LogP contribution in [0.25, 0.3) is 0 Å². The quantitative estimate of drug-likeness (QED) is 0.483. The largest absolute Gasteiger partial charge is 3.00 e. The number of aliphatic carboxylic acids is 2. The van der Waals surface area contributed by atoms with Gasteiger partial charge in [-0.25, -0.2) is 0 Å². The molecule has 2 rings (SSSR count). The predicted molar refractivity (Wildman–Crippen MR) is 50.5 cm³/mol. The van der Waals surface area contributed by atoms with Gasteiger partial charge in [-0.15, -0.1) is 0 Å². The summed E-state index contributed by atoms with van der Waals surface area (Å²) in [7, 11) is 0. The maximum absolute atomic E-state index is 9.87. The molecule has 16 heavy (non-hydrogen) atoms. The molecule has 2 fully saturated rings. The maximum Gasteiger partial charge on any atom is 3.00 e. The fraction of sp³-hybridized carbons (Fsp3) is 0.800. The first kappa shape index (κ1) is 18.2. The Morgan fingerprint density at radius 1 is 0.812 bits per heavy atom. The van der Waals surface area contributed by atoms with Crippen LogP contribution >= 0.6 is 0 Å². The molecule has 0 aromatic carbocycles. The fourth-order valence-electron chi connectivity index (χ4n) is 1.29. The summed E-state index contributed by atoms with van der Waals surface area (Å²) in [5.41, 5.74) is 0. The normalized spacial score (nSPS) is 18.5. The zero-order chi connectivity index (χ0) is 10.6. The van der Waals surface area contributed by atoms with Crippen LogP contribution in [0.15, 0.2) is 0 Å². The summed E-state index contributed by atoms with van der Waals surface area (Å²) in [6.45, 7) is 0. The molecule has 0 aromatic heterocycles. The van der Waals surface area contributed by atoms with Gasteiger partial charge in [0.1, 0.15) is 0 Å². The van der Waals surface area contributed by atoms with Crippen LogP contribution in [0.5, 0.6) is 0 Å². The van der Waals surface area contributed by atoms with Crippen LogP contribution < -0.4 is 22.6 Å².